The molecular weight excluding hydrogens is 208 g/mol. The summed E-state index contributed by atoms with van der Waals surface area (Å²) < 4.78 is 0. The molecule has 0 unspecified atom stereocenters. The quantitative estimate of drug-likeness (QED) is 0.740. The molecule has 2 heteroatoms. The van der Waals surface area contributed by atoms with E-state index in [1.165, 1.54) is 58.2 Å². The molecule has 0 radical (unpaired) electrons. The van der Waals surface area contributed by atoms with Gasteiger partial charge >= 0.3 is 0 Å². The summed E-state index contributed by atoms with van der Waals surface area (Å²) in [7, 11) is 0. The molecule has 0 amide bonds. The Bertz CT molecular complexity index is 189. The number of hydrogen-bond acceptors (Lipinski definition) is 2. The molecule has 17 heavy (non-hydrogen) atoms. The van der Waals surface area contributed by atoms with Crippen molar-refractivity contribution in [2.75, 3.05) is 26.2 Å². The maximum Gasteiger partial charge on any atom is 0.00501 e. The van der Waals surface area contributed by atoms with Crippen molar-refractivity contribution in [3.63, 3.8) is 0 Å². The van der Waals surface area contributed by atoms with Gasteiger partial charge in [-0.2, -0.15) is 0 Å². The van der Waals surface area contributed by atoms with Crippen LogP contribution in [0.4, 0.5) is 0 Å². The third-order valence-corrected chi connectivity index (χ3v) is 4.41. The molecule has 1 rings (SSSR count). The van der Waals surface area contributed by atoms with Gasteiger partial charge in [-0.25, -0.2) is 0 Å². The second kappa shape index (κ2) is 7.38. The zero-order valence-corrected chi connectivity index (χ0v) is 12.2. The summed E-state index contributed by atoms with van der Waals surface area (Å²) in [5.74, 6) is 0.917. The standard InChI is InChI=1S/C15H32N2/c1-4-10-17(11-5-2)13-15(12-16)8-6-14(3)7-9-15/h14H,4-13,16H2,1-3H3. The normalized spacial score (nSPS) is 29.8. The largest absolute Gasteiger partial charge is 0.330 e. The first-order valence-electron chi connectivity index (χ1n) is 7.58. The van der Waals surface area contributed by atoms with Crippen LogP contribution in [0.5, 0.6) is 0 Å². The van der Waals surface area contributed by atoms with Gasteiger partial charge in [0.25, 0.3) is 0 Å². The molecule has 0 atom stereocenters. The van der Waals surface area contributed by atoms with Gasteiger partial charge in [-0.05, 0) is 56.7 Å². The number of nitrogens with zero attached hydrogens (tertiary/aromatic N) is 1. The fourth-order valence-electron chi connectivity index (χ4n) is 3.18. The Hall–Kier alpha value is -0.0800. The van der Waals surface area contributed by atoms with Crippen molar-refractivity contribution in [1.82, 2.24) is 4.90 Å². The van der Waals surface area contributed by atoms with Gasteiger partial charge in [-0.3, -0.25) is 0 Å². The Balaban J connectivity index is 2.53. The average Bonchev–Trinajstić information content (AvgIpc) is 2.33. The molecule has 1 aliphatic rings. The highest BCUT2D eigenvalue weighted by Crippen LogP contribution is 2.38. The first-order valence-corrected chi connectivity index (χ1v) is 7.58. The molecular formula is C15H32N2. The summed E-state index contributed by atoms with van der Waals surface area (Å²) in [5.41, 5.74) is 6.53. The SMILES string of the molecule is CCCN(CCC)CC1(CN)CCC(C)CC1. The lowest BCUT2D eigenvalue weighted by Gasteiger charge is -2.42. The van der Waals surface area contributed by atoms with Crippen molar-refractivity contribution in [3.05, 3.63) is 0 Å². The van der Waals surface area contributed by atoms with E-state index in [1.54, 1.807) is 0 Å². The topological polar surface area (TPSA) is 29.3 Å². The molecule has 0 aromatic heterocycles. The smallest absolute Gasteiger partial charge is 0.00501 e. The van der Waals surface area contributed by atoms with Gasteiger partial charge in [-0.1, -0.05) is 33.6 Å². The van der Waals surface area contributed by atoms with Crippen LogP contribution in [0.1, 0.15) is 59.3 Å². The van der Waals surface area contributed by atoms with Crippen molar-refractivity contribution in [2.45, 2.75) is 59.3 Å². The van der Waals surface area contributed by atoms with Gasteiger partial charge in [-0.15, -0.1) is 0 Å². The highest BCUT2D eigenvalue weighted by molar-refractivity contribution is 4.88. The van der Waals surface area contributed by atoms with E-state index >= 15 is 0 Å². The Labute approximate surface area is 108 Å². The monoisotopic (exact) mass is 240 g/mol. The van der Waals surface area contributed by atoms with Crippen molar-refractivity contribution in [3.8, 4) is 0 Å². The zero-order chi connectivity index (χ0) is 12.7. The Morgan fingerprint density at radius 3 is 2.06 bits per heavy atom. The predicted octanol–water partition coefficient (Wildman–Crippen LogP) is 3.26. The highest BCUT2D eigenvalue weighted by Gasteiger charge is 2.34. The molecule has 0 bridgehead atoms. The summed E-state index contributed by atoms with van der Waals surface area (Å²) in [6, 6.07) is 0. The lowest BCUT2D eigenvalue weighted by Crippen LogP contribution is -2.45. The molecule has 1 fully saturated rings. The van der Waals surface area contributed by atoms with Gasteiger partial charge in [0, 0.05) is 6.54 Å². The Morgan fingerprint density at radius 2 is 1.65 bits per heavy atom. The zero-order valence-electron chi connectivity index (χ0n) is 12.2. The maximum absolute atomic E-state index is 6.10. The van der Waals surface area contributed by atoms with E-state index < -0.39 is 0 Å². The predicted molar refractivity (Wildman–Crippen MR) is 76.1 cm³/mol. The van der Waals surface area contributed by atoms with Crippen LogP contribution in [0.25, 0.3) is 0 Å². The van der Waals surface area contributed by atoms with Crippen LogP contribution in [0.3, 0.4) is 0 Å². The summed E-state index contributed by atoms with van der Waals surface area (Å²) >= 11 is 0. The van der Waals surface area contributed by atoms with Gasteiger partial charge < -0.3 is 10.6 Å². The van der Waals surface area contributed by atoms with E-state index in [0.717, 1.165) is 12.5 Å². The van der Waals surface area contributed by atoms with Crippen LogP contribution in [-0.4, -0.2) is 31.1 Å². The minimum absolute atomic E-state index is 0.427. The summed E-state index contributed by atoms with van der Waals surface area (Å²) in [6.45, 7) is 11.5. The van der Waals surface area contributed by atoms with Gasteiger partial charge in [0.15, 0.2) is 0 Å². The van der Waals surface area contributed by atoms with Crippen molar-refractivity contribution >= 4 is 0 Å². The Kier molecular flexibility index (Phi) is 6.50. The molecule has 0 spiro atoms. The first kappa shape index (κ1) is 15.0. The molecule has 102 valence electrons. The third-order valence-electron chi connectivity index (χ3n) is 4.41. The van der Waals surface area contributed by atoms with Crippen LogP contribution in [0, 0.1) is 11.3 Å². The summed E-state index contributed by atoms with van der Waals surface area (Å²) in [4.78, 5) is 2.64. The lowest BCUT2D eigenvalue weighted by molar-refractivity contribution is 0.0945. The van der Waals surface area contributed by atoms with Gasteiger partial charge in [0.05, 0.1) is 0 Å². The van der Waals surface area contributed by atoms with E-state index in [4.69, 9.17) is 5.73 Å². The molecule has 0 aliphatic heterocycles. The molecule has 0 saturated heterocycles. The lowest BCUT2D eigenvalue weighted by atomic mass is 9.70. The first-order chi connectivity index (χ1) is 8.15. The van der Waals surface area contributed by atoms with Crippen LogP contribution in [0.2, 0.25) is 0 Å². The molecule has 1 saturated carbocycles. The molecule has 0 aromatic rings. The number of nitrogens with two attached hydrogens (primary N) is 1. The number of hydrogen-bond donors (Lipinski definition) is 1. The fraction of sp³-hybridized carbons (Fsp3) is 1.00. The maximum atomic E-state index is 6.10. The van der Waals surface area contributed by atoms with Crippen LogP contribution in [-0.2, 0) is 0 Å². The van der Waals surface area contributed by atoms with Crippen LogP contribution in [0.15, 0.2) is 0 Å². The van der Waals surface area contributed by atoms with Crippen molar-refractivity contribution in [2.24, 2.45) is 17.1 Å². The van der Waals surface area contributed by atoms with E-state index in [2.05, 4.69) is 25.7 Å². The Morgan fingerprint density at radius 1 is 1.12 bits per heavy atom. The van der Waals surface area contributed by atoms with Crippen molar-refractivity contribution < 1.29 is 0 Å². The van der Waals surface area contributed by atoms with E-state index in [0.29, 0.717) is 5.41 Å². The molecule has 2 nitrogen and oxygen atoms in total. The van der Waals surface area contributed by atoms with Crippen LogP contribution >= 0.6 is 0 Å². The fourth-order valence-corrected chi connectivity index (χ4v) is 3.18. The van der Waals surface area contributed by atoms with E-state index in [-0.39, 0.29) is 0 Å². The summed E-state index contributed by atoms with van der Waals surface area (Å²) in [6.07, 6.45) is 7.96. The molecule has 1 aliphatic carbocycles. The van der Waals surface area contributed by atoms with Crippen LogP contribution < -0.4 is 5.73 Å². The molecule has 0 aromatic carbocycles. The highest BCUT2D eigenvalue weighted by atomic mass is 15.1. The van der Waals surface area contributed by atoms with E-state index in [9.17, 15) is 0 Å². The minimum Gasteiger partial charge on any atom is -0.330 e. The molecule has 2 N–H and O–H groups in total. The van der Waals surface area contributed by atoms with Gasteiger partial charge in [0.1, 0.15) is 0 Å². The van der Waals surface area contributed by atoms with Crippen molar-refractivity contribution in [1.29, 1.82) is 0 Å². The molecule has 0 heterocycles. The average molecular weight is 240 g/mol. The van der Waals surface area contributed by atoms with Gasteiger partial charge in [0.2, 0.25) is 0 Å². The number of rotatable bonds is 7. The summed E-state index contributed by atoms with van der Waals surface area (Å²) in [5, 5.41) is 0. The second-order valence-corrected chi connectivity index (χ2v) is 6.16. The minimum atomic E-state index is 0.427. The second-order valence-electron chi connectivity index (χ2n) is 6.16. The third kappa shape index (κ3) is 4.59. The van der Waals surface area contributed by atoms with E-state index in [1.807, 2.05) is 0 Å².